The third-order valence-electron chi connectivity index (χ3n) is 6.41. The molecule has 29 heavy (non-hydrogen) atoms. The predicted molar refractivity (Wildman–Crippen MR) is 112 cm³/mol. The molecule has 2 aliphatic carbocycles. The molecule has 0 spiro atoms. The molecule has 1 heterocycles. The fourth-order valence-corrected chi connectivity index (χ4v) is 6.07. The Morgan fingerprint density at radius 1 is 1.07 bits per heavy atom. The molecule has 5 rings (SSSR count). The van der Waals surface area contributed by atoms with Gasteiger partial charge in [0.15, 0.2) is 0 Å². The second kappa shape index (κ2) is 6.96. The molecular formula is C23H26N2O3S. The van der Waals surface area contributed by atoms with Gasteiger partial charge in [0.1, 0.15) is 0 Å². The van der Waals surface area contributed by atoms with Crippen LogP contribution in [-0.4, -0.2) is 20.4 Å². The summed E-state index contributed by atoms with van der Waals surface area (Å²) in [6.45, 7) is 2.03. The molecule has 1 saturated carbocycles. The van der Waals surface area contributed by atoms with Crippen LogP contribution in [0.5, 0.6) is 0 Å². The second-order valence-electron chi connectivity index (χ2n) is 8.59. The van der Waals surface area contributed by atoms with Gasteiger partial charge >= 0.3 is 0 Å². The molecule has 0 bridgehead atoms. The van der Waals surface area contributed by atoms with Gasteiger partial charge in [0.05, 0.1) is 4.90 Å². The van der Waals surface area contributed by atoms with Crippen molar-refractivity contribution in [1.82, 2.24) is 4.72 Å². The van der Waals surface area contributed by atoms with Gasteiger partial charge in [-0.15, -0.1) is 0 Å². The highest BCUT2D eigenvalue weighted by molar-refractivity contribution is 7.89. The molecule has 1 fully saturated rings. The molecule has 2 aromatic carbocycles. The van der Waals surface area contributed by atoms with Crippen LogP contribution in [0.3, 0.4) is 0 Å². The van der Waals surface area contributed by atoms with Crippen molar-refractivity contribution in [3.8, 4) is 0 Å². The van der Waals surface area contributed by atoms with E-state index in [2.05, 4.69) is 10.8 Å². The highest BCUT2D eigenvalue weighted by atomic mass is 32.2. The van der Waals surface area contributed by atoms with Crippen LogP contribution in [0.4, 0.5) is 5.69 Å². The molecule has 0 radical (unpaired) electrons. The predicted octanol–water partition coefficient (Wildman–Crippen LogP) is 3.73. The molecule has 152 valence electrons. The Balaban J connectivity index is 1.42. The summed E-state index contributed by atoms with van der Waals surface area (Å²) in [5.41, 5.74) is 4.12. The molecule has 0 unspecified atom stereocenters. The summed E-state index contributed by atoms with van der Waals surface area (Å²) in [4.78, 5) is 14.8. The third kappa shape index (κ3) is 3.38. The monoisotopic (exact) mass is 410 g/mol. The number of nitrogens with zero attached hydrogens (tertiary/aromatic N) is 1. The van der Waals surface area contributed by atoms with Crippen LogP contribution in [-0.2, 0) is 27.7 Å². The van der Waals surface area contributed by atoms with Crippen LogP contribution in [0.15, 0.2) is 47.4 Å². The van der Waals surface area contributed by atoms with Crippen molar-refractivity contribution in [2.24, 2.45) is 5.92 Å². The molecule has 2 aromatic rings. The fourth-order valence-electron chi connectivity index (χ4n) is 4.77. The van der Waals surface area contributed by atoms with Crippen molar-refractivity contribution in [2.45, 2.75) is 62.4 Å². The summed E-state index contributed by atoms with van der Waals surface area (Å²) < 4.78 is 29.2. The normalized spacial score (nSPS) is 23.6. The van der Waals surface area contributed by atoms with Crippen LogP contribution in [0.2, 0.25) is 0 Å². The van der Waals surface area contributed by atoms with Gasteiger partial charge in [0.25, 0.3) is 0 Å². The SMILES string of the molecule is C[C@H]1Cc2cc(S(=O)(=O)N[C@@H]3CCCc4ccccc43)ccc2N1C(=O)C1CC1. The van der Waals surface area contributed by atoms with Crippen LogP contribution in [0.1, 0.15) is 55.3 Å². The van der Waals surface area contributed by atoms with Gasteiger partial charge in [-0.05, 0) is 80.3 Å². The van der Waals surface area contributed by atoms with Gasteiger partial charge in [-0.1, -0.05) is 24.3 Å². The zero-order valence-corrected chi connectivity index (χ0v) is 17.4. The molecule has 3 aliphatic rings. The molecule has 1 aliphatic heterocycles. The standard InChI is InChI=1S/C23H26N2O3S/c1-15-13-18-14-19(11-12-22(18)25(15)23(26)17-9-10-17)29(27,28)24-21-8-4-6-16-5-2-3-7-20(16)21/h2-3,5,7,11-12,14-15,17,21,24H,4,6,8-10,13H2,1H3/t15-,21+/m0/s1. The van der Waals surface area contributed by atoms with Crippen LogP contribution in [0, 0.1) is 5.92 Å². The van der Waals surface area contributed by atoms with Crippen molar-refractivity contribution < 1.29 is 13.2 Å². The van der Waals surface area contributed by atoms with E-state index in [1.54, 1.807) is 12.1 Å². The molecule has 0 aromatic heterocycles. The van der Waals surface area contributed by atoms with E-state index >= 15 is 0 Å². The third-order valence-corrected chi connectivity index (χ3v) is 7.88. The average Bonchev–Trinajstić information content (AvgIpc) is 3.49. The fraction of sp³-hybridized carbons (Fsp3) is 0.435. The number of sulfonamides is 1. The average molecular weight is 411 g/mol. The lowest BCUT2D eigenvalue weighted by Crippen LogP contribution is -2.36. The van der Waals surface area contributed by atoms with Crippen molar-refractivity contribution in [3.05, 3.63) is 59.2 Å². The van der Waals surface area contributed by atoms with E-state index in [1.807, 2.05) is 36.1 Å². The summed E-state index contributed by atoms with van der Waals surface area (Å²) in [7, 11) is -3.64. The Labute approximate surface area is 172 Å². The Kier molecular flexibility index (Phi) is 4.51. The summed E-state index contributed by atoms with van der Waals surface area (Å²) in [6.07, 6.45) is 5.42. The van der Waals surface area contributed by atoms with Crippen molar-refractivity contribution in [2.75, 3.05) is 4.90 Å². The summed E-state index contributed by atoms with van der Waals surface area (Å²) in [5.74, 6) is 0.337. The summed E-state index contributed by atoms with van der Waals surface area (Å²) in [5, 5.41) is 0. The maximum absolute atomic E-state index is 13.1. The maximum Gasteiger partial charge on any atom is 0.241 e. The van der Waals surface area contributed by atoms with Crippen molar-refractivity contribution in [1.29, 1.82) is 0 Å². The number of hydrogen-bond acceptors (Lipinski definition) is 3. The molecule has 6 heteroatoms. The molecule has 1 N–H and O–H groups in total. The number of fused-ring (bicyclic) bond motifs is 2. The quantitative estimate of drug-likeness (QED) is 0.835. The first kappa shape index (κ1) is 18.8. The van der Waals surface area contributed by atoms with E-state index in [4.69, 9.17) is 0 Å². The molecule has 1 amide bonds. The summed E-state index contributed by atoms with van der Waals surface area (Å²) >= 11 is 0. The highest BCUT2D eigenvalue weighted by Crippen LogP contribution is 2.40. The lowest BCUT2D eigenvalue weighted by atomic mass is 9.88. The van der Waals surface area contributed by atoms with Gasteiger partial charge in [-0.25, -0.2) is 13.1 Å². The molecule has 5 nitrogen and oxygen atoms in total. The van der Waals surface area contributed by atoms with E-state index in [0.717, 1.165) is 48.9 Å². The number of anilines is 1. The Hall–Kier alpha value is -2.18. The Morgan fingerprint density at radius 2 is 1.86 bits per heavy atom. The minimum Gasteiger partial charge on any atom is -0.309 e. The van der Waals surface area contributed by atoms with E-state index in [0.29, 0.717) is 6.42 Å². The van der Waals surface area contributed by atoms with Gasteiger partial charge in [0, 0.05) is 23.7 Å². The second-order valence-corrected chi connectivity index (χ2v) is 10.3. The van der Waals surface area contributed by atoms with E-state index in [1.165, 1.54) is 5.56 Å². The first-order chi connectivity index (χ1) is 13.9. The van der Waals surface area contributed by atoms with Crippen LogP contribution in [0.25, 0.3) is 0 Å². The maximum atomic E-state index is 13.1. The molecular weight excluding hydrogens is 384 g/mol. The number of amides is 1. The zero-order valence-electron chi connectivity index (χ0n) is 16.6. The largest absolute Gasteiger partial charge is 0.309 e. The first-order valence-electron chi connectivity index (χ1n) is 10.5. The van der Waals surface area contributed by atoms with Gasteiger partial charge < -0.3 is 4.90 Å². The van der Waals surface area contributed by atoms with Crippen LogP contribution < -0.4 is 9.62 Å². The van der Waals surface area contributed by atoms with Crippen LogP contribution >= 0.6 is 0 Å². The number of hydrogen-bond donors (Lipinski definition) is 1. The number of rotatable bonds is 4. The zero-order chi connectivity index (χ0) is 20.2. The minimum atomic E-state index is -3.64. The van der Waals surface area contributed by atoms with Crippen molar-refractivity contribution in [3.63, 3.8) is 0 Å². The van der Waals surface area contributed by atoms with Gasteiger partial charge in [-0.2, -0.15) is 0 Å². The first-order valence-corrected chi connectivity index (χ1v) is 12.0. The minimum absolute atomic E-state index is 0.0780. The number of nitrogens with one attached hydrogen (secondary N) is 1. The summed E-state index contributed by atoms with van der Waals surface area (Å²) in [6, 6.07) is 13.2. The van der Waals surface area contributed by atoms with E-state index in [9.17, 15) is 13.2 Å². The molecule has 0 saturated heterocycles. The van der Waals surface area contributed by atoms with Gasteiger partial charge in [-0.3, -0.25) is 4.79 Å². The lowest BCUT2D eigenvalue weighted by molar-refractivity contribution is -0.120. The topological polar surface area (TPSA) is 66.5 Å². The lowest BCUT2D eigenvalue weighted by Gasteiger charge is -2.26. The number of benzene rings is 2. The molecule has 2 atom stereocenters. The number of aryl methyl sites for hydroxylation is 1. The van der Waals surface area contributed by atoms with Crippen molar-refractivity contribution >= 4 is 21.6 Å². The Morgan fingerprint density at radius 3 is 2.66 bits per heavy atom. The smallest absolute Gasteiger partial charge is 0.241 e. The number of carbonyl (C=O) groups excluding carboxylic acids is 1. The highest BCUT2D eigenvalue weighted by Gasteiger charge is 2.40. The van der Waals surface area contributed by atoms with E-state index in [-0.39, 0.29) is 28.8 Å². The van der Waals surface area contributed by atoms with Gasteiger partial charge in [0.2, 0.25) is 15.9 Å². The van der Waals surface area contributed by atoms with E-state index < -0.39 is 10.0 Å². The number of carbonyl (C=O) groups is 1. The Bertz CT molecular complexity index is 1080.